The lowest BCUT2D eigenvalue weighted by Crippen LogP contribution is -2.26. The molecule has 1 fully saturated rings. The van der Waals surface area contributed by atoms with Crippen LogP contribution in [0, 0.1) is 22.2 Å². The molecule has 8 heteroatoms. The lowest BCUT2D eigenvalue weighted by atomic mass is 10.1. The molecule has 27 heavy (non-hydrogen) atoms. The summed E-state index contributed by atoms with van der Waals surface area (Å²) in [5.74, 6) is -0.583. The van der Waals surface area contributed by atoms with E-state index in [1.54, 1.807) is 6.07 Å². The van der Waals surface area contributed by atoms with E-state index in [1.165, 1.54) is 6.33 Å². The molecule has 0 aliphatic heterocycles. The number of hydrogen-bond donors (Lipinski definition) is 3. The zero-order valence-electron chi connectivity index (χ0n) is 14.6. The van der Waals surface area contributed by atoms with Crippen molar-refractivity contribution in [3.63, 3.8) is 0 Å². The number of amides is 1. The number of anilines is 2. The highest BCUT2D eigenvalue weighted by molar-refractivity contribution is 14.1. The summed E-state index contributed by atoms with van der Waals surface area (Å²) in [6.07, 6.45) is 3.63. The van der Waals surface area contributed by atoms with Gasteiger partial charge in [0, 0.05) is 9.26 Å². The minimum atomic E-state index is -0.584. The van der Waals surface area contributed by atoms with Crippen LogP contribution >= 0.6 is 22.6 Å². The van der Waals surface area contributed by atoms with Crippen LogP contribution in [0.5, 0.6) is 0 Å². The first-order valence-corrected chi connectivity index (χ1v) is 9.71. The number of rotatable bonds is 6. The summed E-state index contributed by atoms with van der Waals surface area (Å²) < 4.78 is 16.2. The summed E-state index contributed by atoms with van der Waals surface area (Å²) in [7, 11) is 0. The van der Waals surface area contributed by atoms with Gasteiger partial charge < -0.3 is 10.3 Å². The largest absolute Gasteiger partial charge is 0.352 e. The number of aromatic amines is 1. The van der Waals surface area contributed by atoms with Gasteiger partial charge in [0.2, 0.25) is 0 Å². The monoisotopic (exact) mass is 480 g/mol. The van der Waals surface area contributed by atoms with E-state index in [4.69, 9.17) is 4.84 Å². The molecule has 6 nitrogen and oxygen atoms in total. The molecular weight excluding hydrogens is 462 g/mol. The summed E-state index contributed by atoms with van der Waals surface area (Å²) >= 11 is 2.22. The normalized spacial score (nSPS) is 13.7. The zero-order chi connectivity index (χ0) is 19.0. The number of H-pyrrole nitrogens is 1. The number of hydroxylamine groups is 1. The average Bonchev–Trinajstić information content (AvgIpc) is 3.33. The van der Waals surface area contributed by atoms with Gasteiger partial charge in [-0.25, -0.2) is 14.9 Å². The maximum Gasteiger partial charge on any atom is 0.277 e. The van der Waals surface area contributed by atoms with Crippen molar-refractivity contribution in [3.8, 4) is 0 Å². The molecular formula is C19H18FIN4O2. The number of aromatic nitrogens is 2. The Morgan fingerprint density at radius 1 is 1.41 bits per heavy atom. The summed E-state index contributed by atoms with van der Waals surface area (Å²) in [5.41, 5.74) is 4.94. The molecule has 0 saturated heterocycles. The Hall–Kier alpha value is -2.20. The topological polar surface area (TPSA) is 79.0 Å². The van der Waals surface area contributed by atoms with Gasteiger partial charge in [-0.3, -0.25) is 9.63 Å². The molecule has 0 unspecified atom stereocenters. The van der Waals surface area contributed by atoms with E-state index in [2.05, 4.69) is 43.4 Å². The lowest BCUT2D eigenvalue weighted by molar-refractivity contribution is 0.0271. The highest BCUT2D eigenvalue weighted by Crippen LogP contribution is 2.32. The van der Waals surface area contributed by atoms with E-state index >= 15 is 4.39 Å². The van der Waals surface area contributed by atoms with Gasteiger partial charge in [-0.1, -0.05) is 0 Å². The molecule has 1 aliphatic rings. The first kappa shape index (κ1) is 18.2. The number of carbonyl (C=O) groups is 1. The van der Waals surface area contributed by atoms with Gasteiger partial charge in [-0.05, 0) is 78.1 Å². The average molecular weight is 480 g/mol. The SMILES string of the molecule is Cc1cc(I)ccc1Nc1c(C(=O)NOCC2CC2)cc2[nH]cnc2c1F. The van der Waals surface area contributed by atoms with Gasteiger partial charge >= 0.3 is 0 Å². The Bertz CT molecular complexity index is 1020. The highest BCUT2D eigenvalue weighted by Gasteiger charge is 2.24. The van der Waals surface area contributed by atoms with Gasteiger partial charge in [-0.2, -0.15) is 0 Å². The number of hydrogen-bond acceptors (Lipinski definition) is 4. The molecule has 0 radical (unpaired) electrons. The van der Waals surface area contributed by atoms with Crippen molar-refractivity contribution in [2.24, 2.45) is 5.92 Å². The van der Waals surface area contributed by atoms with Crippen LogP contribution in [0.3, 0.4) is 0 Å². The molecule has 0 bridgehead atoms. The third-order valence-corrected chi connectivity index (χ3v) is 5.20. The number of halogens is 2. The summed E-state index contributed by atoms with van der Waals surface area (Å²) in [6, 6.07) is 7.33. The molecule has 1 saturated carbocycles. The smallest absolute Gasteiger partial charge is 0.277 e. The van der Waals surface area contributed by atoms with Crippen LogP contribution < -0.4 is 10.8 Å². The van der Waals surface area contributed by atoms with Crippen molar-refractivity contribution in [1.29, 1.82) is 0 Å². The standard InChI is InChI=1S/C19H18FIN4O2/c1-10-6-12(21)4-5-14(10)24-17-13(19(26)25-27-8-11-2-3-11)7-15-18(16(17)20)23-9-22-15/h4-7,9,11,24H,2-3,8H2,1H3,(H,22,23)(H,25,26). The van der Waals surface area contributed by atoms with Gasteiger partial charge in [0.15, 0.2) is 5.82 Å². The first-order chi connectivity index (χ1) is 13.0. The van der Waals surface area contributed by atoms with Crippen LogP contribution in [-0.4, -0.2) is 22.5 Å². The number of aryl methyl sites for hydroxylation is 1. The predicted octanol–water partition coefficient (Wildman–Crippen LogP) is 4.43. The Morgan fingerprint density at radius 2 is 2.22 bits per heavy atom. The van der Waals surface area contributed by atoms with Crippen molar-refractivity contribution in [2.75, 3.05) is 11.9 Å². The van der Waals surface area contributed by atoms with Crippen LogP contribution in [0.4, 0.5) is 15.8 Å². The Balaban J connectivity index is 1.69. The fraction of sp³-hybridized carbons (Fsp3) is 0.263. The Labute approximate surface area is 169 Å². The predicted molar refractivity (Wildman–Crippen MR) is 109 cm³/mol. The van der Waals surface area contributed by atoms with E-state index in [-0.39, 0.29) is 16.8 Å². The quantitative estimate of drug-likeness (QED) is 0.361. The molecule has 1 aromatic heterocycles. The van der Waals surface area contributed by atoms with Crippen molar-refractivity contribution in [2.45, 2.75) is 19.8 Å². The van der Waals surface area contributed by atoms with Crippen LogP contribution in [0.15, 0.2) is 30.6 Å². The first-order valence-electron chi connectivity index (χ1n) is 8.64. The third kappa shape index (κ3) is 3.91. The molecule has 1 heterocycles. The number of nitrogens with one attached hydrogen (secondary N) is 3. The fourth-order valence-corrected chi connectivity index (χ4v) is 3.46. The van der Waals surface area contributed by atoms with Crippen molar-refractivity contribution in [3.05, 3.63) is 51.1 Å². The van der Waals surface area contributed by atoms with Crippen molar-refractivity contribution >= 4 is 50.9 Å². The molecule has 1 amide bonds. The summed E-state index contributed by atoms with van der Waals surface area (Å²) in [6.45, 7) is 2.40. The van der Waals surface area contributed by atoms with E-state index < -0.39 is 11.7 Å². The lowest BCUT2D eigenvalue weighted by Gasteiger charge is -2.15. The summed E-state index contributed by atoms with van der Waals surface area (Å²) in [5, 5.41) is 3.06. The van der Waals surface area contributed by atoms with Crippen LogP contribution in [0.2, 0.25) is 0 Å². The maximum atomic E-state index is 15.1. The second kappa shape index (κ2) is 7.43. The Kier molecular flexibility index (Phi) is 5.00. The van der Waals surface area contributed by atoms with Gasteiger partial charge in [0.25, 0.3) is 5.91 Å². The molecule has 3 aromatic rings. The van der Waals surface area contributed by atoms with E-state index in [0.717, 1.165) is 27.7 Å². The van der Waals surface area contributed by atoms with E-state index in [1.807, 2.05) is 25.1 Å². The van der Waals surface area contributed by atoms with Crippen LogP contribution in [0.1, 0.15) is 28.8 Å². The molecule has 2 aromatic carbocycles. The molecule has 0 atom stereocenters. The maximum absolute atomic E-state index is 15.1. The number of imidazole rings is 1. The van der Waals surface area contributed by atoms with Gasteiger partial charge in [0.05, 0.1) is 29.7 Å². The number of carbonyl (C=O) groups excluding carboxylic acids is 1. The third-order valence-electron chi connectivity index (χ3n) is 4.53. The number of benzene rings is 2. The van der Waals surface area contributed by atoms with E-state index in [9.17, 15) is 4.79 Å². The van der Waals surface area contributed by atoms with E-state index in [0.29, 0.717) is 18.0 Å². The Morgan fingerprint density at radius 3 is 2.96 bits per heavy atom. The zero-order valence-corrected chi connectivity index (χ0v) is 16.8. The van der Waals surface area contributed by atoms with Crippen LogP contribution in [0.25, 0.3) is 11.0 Å². The second-order valence-corrected chi connectivity index (χ2v) is 7.93. The van der Waals surface area contributed by atoms with Gasteiger partial charge in [-0.15, -0.1) is 0 Å². The van der Waals surface area contributed by atoms with Crippen molar-refractivity contribution < 1.29 is 14.0 Å². The fourth-order valence-electron chi connectivity index (χ4n) is 2.81. The van der Waals surface area contributed by atoms with Crippen LogP contribution in [-0.2, 0) is 4.84 Å². The number of nitrogens with zero attached hydrogens (tertiary/aromatic N) is 1. The van der Waals surface area contributed by atoms with Crippen molar-refractivity contribution in [1.82, 2.24) is 15.4 Å². The molecule has 4 rings (SSSR count). The minimum Gasteiger partial charge on any atom is -0.352 e. The van der Waals surface area contributed by atoms with Gasteiger partial charge in [0.1, 0.15) is 5.52 Å². The molecule has 3 N–H and O–H groups in total. The second-order valence-electron chi connectivity index (χ2n) is 6.68. The minimum absolute atomic E-state index is 0.0754. The molecule has 1 aliphatic carbocycles. The summed E-state index contributed by atoms with van der Waals surface area (Å²) in [4.78, 5) is 24.8. The molecule has 0 spiro atoms. The highest BCUT2D eigenvalue weighted by atomic mass is 127. The number of fused-ring (bicyclic) bond motifs is 1. The molecule has 140 valence electrons.